The van der Waals surface area contributed by atoms with Crippen molar-refractivity contribution < 1.29 is 9.34 Å². The fourth-order valence-electron chi connectivity index (χ4n) is 1.90. The van der Waals surface area contributed by atoms with Crippen LogP contribution in [0.1, 0.15) is 5.69 Å². The number of rotatable bonds is 4. The van der Waals surface area contributed by atoms with Gasteiger partial charge in [0.15, 0.2) is 11.1 Å². The maximum absolute atomic E-state index is 10.9. The lowest BCUT2D eigenvalue weighted by Crippen LogP contribution is -2.05. The molecule has 0 saturated heterocycles. The summed E-state index contributed by atoms with van der Waals surface area (Å²) in [5.74, 6) is 0. The fraction of sp³-hybridized carbons (Fsp3) is 0.167. The highest BCUT2D eigenvalue weighted by atomic mass is 16.6. The van der Waals surface area contributed by atoms with Gasteiger partial charge < -0.3 is 9.73 Å². The van der Waals surface area contributed by atoms with Gasteiger partial charge in [-0.1, -0.05) is 6.07 Å². The highest BCUT2D eigenvalue weighted by molar-refractivity contribution is 5.83. The molecule has 2 aromatic heterocycles. The van der Waals surface area contributed by atoms with E-state index < -0.39 is 4.92 Å². The zero-order chi connectivity index (χ0) is 14.1. The molecule has 0 unspecified atom stereocenters. The van der Waals surface area contributed by atoms with Crippen LogP contribution >= 0.6 is 0 Å². The van der Waals surface area contributed by atoms with E-state index >= 15 is 0 Å². The van der Waals surface area contributed by atoms with E-state index in [2.05, 4.69) is 15.4 Å². The summed E-state index contributed by atoms with van der Waals surface area (Å²) in [4.78, 5) is 14.5. The predicted molar refractivity (Wildman–Crippen MR) is 71.2 cm³/mol. The number of aryl methyl sites for hydroxylation is 1. The van der Waals surface area contributed by atoms with Gasteiger partial charge in [0, 0.05) is 19.3 Å². The Morgan fingerprint density at radius 2 is 2.30 bits per heavy atom. The molecule has 0 bridgehead atoms. The second kappa shape index (κ2) is 4.65. The summed E-state index contributed by atoms with van der Waals surface area (Å²) in [7, 11) is 1.83. The number of nitro benzene ring substituents is 1. The number of aromatic nitrogens is 3. The second-order valence-electron chi connectivity index (χ2n) is 4.20. The first-order valence-corrected chi connectivity index (χ1v) is 5.90. The van der Waals surface area contributed by atoms with E-state index in [0.717, 1.165) is 5.69 Å². The summed E-state index contributed by atoms with van der Waals surface area (Å²) in [6.45, 7) is 0.469. The van der Waals surface area contributed by atoms with Crippen molar-refractivity contribution in [2.75, 3.05) is 5.32 Å². The topological polar surface area (TPSA) is 99.0 Å². The van der Waals surface area contributed by atoms with Crippen LogP contribution < -0.4 is 5.32 Å². The molecule has 20 heavy (non-hydrogen) atoms. The Bertz CT molecular complexity index is 776. The van der Waals surface area contributed by atoms with Crippen molar-refractivity contribution in [1.82, 2.24) is 14.8 Å². The van der Waals surface area contributed by atoms with Crippen LogP contribution in [0.4, 0.5) is 11.7 Å². The van der Waals surface area contributed by atoms with Gasteiger partial charge in [-0.3, -0.25) is 14.8 Å². The van der Waals surface area contributed by atoms with Crippen molar-refractivity contribution in [2.45, 2.75) is 6.54 Å². The van der Waals surface area contributed by atoms with Gasteiger partial charge in [0.1, 0.15) is 0 Å². The minimum Gasteiger partial charge on any atom is -0.423 e. The van der Waals surface area contributed by atoms with Crippen molar-refractivity contribution in [1.29, 1.82) is 0 Å². The van der Waals surface area contributed by atoms with Crippen molar-refractivity contribution in [3.63, 3.8) is 0 Å². The van der Waals surface area contributed by atoms with Crippen LogP contribution in [0.2, 0.25) is 0 Å². The lowest BCUT2D eigenvalue weighted by atomic mass is 10.3. The van der Waals surface area contributed by atoms with Crippen LogP contribution in [0.3, 0.4) is 0 Å². The number of hydrogen-bond acceptors (Lipinski definition) is 6. The molecule has 0 amide bonds. The van der Waals surface area contributed by atoms with Gasteiger partial charge in [0.05, 0.1) is 17.2 Å². The Balaban J connectivity index is 1.88. The maximum atomic E-state index is 10.9. The first-order chi connectivity index (χ1) is 9.65. The first kappa shape index (κ1) is 12.2. The Hall–Kier alpha value is -2.90. The van der Waals surface area contributed by atoms with Crippen LogP contribution in [0, 0.1) is 10.1 Å². The average molecular weight is 273 g/mol. The normalized spacial score (nSPS) is 10.8. The number of fused-ring (bicyclic) bond motifs is 1. The molecule has 0 spiro atoms. The third-order valence-corrected chi connectivity index (χ3v) is 2.94. The van der Waals surface area contributed by atoms with E-state index in [-0.39, 0.29) is 17.2 Å². The molecule has 1 aromatic carbocycles. The number of non-ortho nitro benzene ring substituents is 1. The van der Waals surface area contributed by atoms with E-state index in [9.17, 15) is 10.1 Å². The highest BCUT2D eigenvalue weighted by Crippen LogP contribution is 2.27. The fourth-order valence-corrected chi connectivity index (χ4v) is 1.90. The van der Waals surface area contributed by atoms with Crippen molar-refractivity contribution >= 4 is 22.8 Å². The largest absolute Gasteiger partial charge is 0.423 e. The number of hydrogen-bond donors (Lipinski definition) is 1. The molecule has 102 valence electrons. The van der Waals surface area contributed by atoms with Gasteiger partial charge >= 0.3 is 0 Å². The van der Waals surface area contributed by atoms with Crippen molar-refractivity contribution in [3.8, 4) is 0 Å². The Kier molecular flexibility index (Phi) is 2.82. The molecule has 3 rings (SSSR count). The summed E-state index contributed by atoms with van der Waals surface area (Å²) < 4.78 is 7.16. The van der Waals surface area contributed by atoms with Gasteiger partial charge in [-0.25, -0.2) is 0 Å². The van der Waals surface area contributed by atoms with Crippen molar-refractivity contribution in [2.24, 2.45) is 7.05 Å². The minimum absolute atomic E-state index is 0.0696. The molecule has 0 fully saturated rings. The van der Waals surface area contributed by atoms with Crippen LogP contribution in [-0.2, 0) is 13.6 Å². The van der Waals surface area contributed by atoms with Gasteiger partial charge in [-0.05, 0) is 12.1 Å². The molecule has 3 aromatic rings. The number of nitrogens with one attached hydrogen (secondary N) is 1. The number of anilines is 1. The molecule has 2 heterocycles. The van der Waals surface area contributed by atoms with Gasteiger partial charge in [0.2, 0.25) is 0 Å². The zero-order valence-electron chi connectivity index (χ0n) is 10.6. The Morgan fingerprint density at radius 3 is 3.00 bits per heavy atom. The molecule has 0 saturated carbocycles. The molecule has 1 N–H and O–H groups in total. The van der Waals surface area contributed by atoms with Crippen LogP contribution in [-0.4, -0.2) is 19.7 Å². The maximum Gasteiger partial charge on any atom is 0.298 e. The average Bonchev–Trinajstić information content (AvgIpc) is 3.01. The summed E-state index contributed by atoms with van der Waals surface area (Å²) in [6, 6.07) is 6.71. The Labute approximate surface area is 113 Å². The SMILES string of the molecule is Cn1nccc1CNc1nc2c([N+](=O)[O-])cccc2o1. The third kappa shape index (κ3) is 2.07. The number of nitro groups is 1. The molecule has 0 aliphatic heterocycles. The molecular formula is C12H11N5O3. The molecule has 0 atom stereocenters. The lowest BCUT2D eigenvalue weighted by Gasteiger charge is -2.01. The predicted octanol–water partition coefficient (Wildman–Crippen LogP) is 2.08. The van der Waals surface area contributed by atoms with E-state index in [1.54, 1.807) is 23.0 Å². The van der Waals surface area contributed by atoms with Crippen LogP contribution in [0.5, 0.6) is 0 Å². The molecule has 0 radical (unpaired) electrons. The quantitative estimate of drug-likeness (QED) is 0.577. The molecule has 8 nitrogen and oxygen atoms in total. The third-order valence-electron chi connectivity index (χ3n) is 2.94. The standard InChI is InChI=1S/C12H11N5O3/c1-16-8(5-6-14-16)7-13-12-15-11-9(17(18)19)3-2-4-10(11)20-12/h2-6H,7H2,1H3,(H,13,15). The monoisotopic (exact) mass is 273 g/mol. The second-order valence-corrected chi connectivity index (χ2v) is 4.20. The molecular weight excluding hydrogens is 262 g/mol. The number of benzene rings is 1. The van der Waals surface area contributed by atoms with Gasteiger partial charge in [-0.15, -0.1) is 0 Å². The summed E-state index contributed by atoms with van der Waals surface area (Å²) in [5.41, 5.74) is 1.50. The number of oxazole rings is 1. The minimum atomic E-state index is -0.476. The van der Waals surface area contributed by atoms with Crippen LogP contribution in [0.15, 0.2) is 34.9 Å². The summed E-state index contributed by atoms with van der Waals surface area (Å²) in [5, 5.41) is 17.9. The highest BCUT2D eigenvalue weighted by Gasteiger charge is 2.17. The number of nitrogens with zero attached hydrogens (tertiary/aromatic N) is 4. The first-order valence-electron chi connectivity index (χ1n) is 5.90. The molecule has 0 aliphatic rings. The Morgan fingerprint density at radius 1 is 1.45 bits per heavy atom. The smallest absolute Gasteiger partial charge is 0.298 e. The zero-order valence-corrected chi connectivity index (χ0v) is 10.6. The summed E-state index contributed by atoms with van der Waals surface area (Å²) in [6.07, 6.45) is 1.69. The van der Waals surface area contributed by atoms with E-state index in [0.29, 0.717) is 12.1 Å². The van der Waals surface area contributed by atoms with Crippen molar-refractivity contribution in [3.05, 3.63) is 46.3 Å². The number of para-hydroxylation sites is 1. The summed E-state index contributed by atoms with van der Waals surface area (Å²) >= 11 is 0. The van der Waals surface area contributed by atoms with Gasteiger partial charge in [0.25, 0.3) is 11.7 Å². The molecule has 8 heteroatoms. The van der Waals surface area contributed by atoms with E-state index in [4.69, 9.17) is 4.42 Å². The lowest BCUT2D eigenvalue weighted by molar-refractivity contribution is -0.383. The van der Waals surface area contributed by atoms with Gasteiger partial charge in [-0.2, -0.15) is 10.1 Å². The molecule has 0 aliphatic carbocycles. The van der Waals surface area contributed by atoms with E-state index in [1.807, 2.05) is 13.1 Å². The van der Waals surface area contributed by atoms with E-state index in [1.165, 1.54) is 6.07 Å². The van der Waals surface area contributed by atoms with Crippen LogP contribution in [0.25, 0.3) is 11.1 Å².